The molecule has 0 atom stereocenters. The van der Waals surface area contributed by atoms with Gasteiger partial charge in [0, 0.05) is 24.3 Å². The third-order valence-electron chi connectivity index (χ3n) is 4.95. The van der Waals surface area contributed by atoms with Gasteiger partial charge >= 0.3 is 6.18 Å². The highest BCUT2D eigenvalue weighted by Gasteiger charge is 2.34. The molecule has 7 nitrogen and oxygen atoms in total. The molecule has 0 unspecified atom stereocenters. The fourth-order valence-electron chi connectivity index (χ4n) is 3.29. The normalized spacial score (nSPS) is 14.8. The summed E-state index contributed by atoms with van der Waals surface area (Å²) in [6.07, 6.45) is -4.92. The Hall–Kier alpha value is -3.25. The van der Waals surface area contributed by atoms with Gasteiger partial charge in [0.05, 0.1) is 29.4 Å². The number of morpholine rings is 1. The van der Waals surface area contributed by atoms with Crippen LogP contribution in [0.25, 0.3) is 11.3 Å². The SMILES string of the molecule is O=S(=O)(Nc1cccc(-c2ccc(N3CCOCC3)nn2)c1)c1ccc(C(F)(F)F)c(F)c1. The number of nitrogens with one attached hydrogen (secondary N) is 1. The molecule has 1 N–H and O–H groups in total. The zero-order valence-corrected chi connectivity index (χ0v) is 17.8. The molecule has 33 heavy (non-hydrogen) atoms. The van der Waals surface area contributed by atoms with Crippen LogP contribution in [-0.4, -0.2) is 44.9 Å². The Kier molecular flexibility index (Phi) is 6.21. The minimum atomic E-state index is -4.92. The van der Waals surface area contributed by atoms with Gasteiger partial charge in [0.15, 0.2) is 5.82 Å². The van der Waals surface area contributed by atoms with Crippen LogP contribution in [-0.2, 0) is 20.9 Å². The molecule has 1 aliphatic heterocycles. The zero-order valence-electron chi connectivity index (χ0n) is 17.0. The molecule has 0 bridgehead atoms. The van der Waals surface area contributed by atoms with Gasteiger partial charge in [0.2, 0.25) is 0 Å². The van der Waals surface area contributed by atoms with Crippen LogP contribution in [0.5, 0.6) is 0 Å². The Labute approximate surface area is 187 Å². The van der Waals surface area contributed by atoms with Gasteiger partial charge in [0.25, 0.3) is 10.0 Å². The fraction of sp³-hybridized carbons (Fsp3) is 0.238. The minimum absolute atomic E-state index is 0.131. The highest BCUT2D eigenvalue weighted by atomic mass is 32.2. The molecular weight excluding hydrogens is 464 g/mol. The van der Waals surface area contributed by atoms with Crippen LogP contribution in [0.2, 0.25) is 0 Å². The van der Waals surface area contributed by atoms with Crippen LogP contribution >= 0.6 is 0 Å². The summed E-state index contributed by atoms with van der Waals surface area (Å²) in [7, 11) is -4.33. The number of sulfonamides is 1. The predicted molar refractivity (Wildman–Crippen MR) is 113 cm³/mol. The second kappa shape index (κ2) is 8.94. The van der Waals surface area contributed by atoms with E-state index in [9.17, 15) is 26.0 Å². The van der Waals surface area contributed by atoms with Gasteiger partial charge in [-0.05, 0) is 42.5 Å². The summed E-state index contributed by atoms with van der Waals surface area (Å²) in [5.74, 6) is -0.974. The molecule has 1 saturated heterocycles. The molecule has 1 aromatic heterocycles. The molecular formula is C21H18F4N4O3S. The third kappa shape index (κ3) is 5.22. The van der Waals surface area contributed by atoms with Crippen molar-refractivity contribution in [3.63, 3.8) is 0 Å². The van der Waals surface area contributed by atoms with Gasteiger partial charge in [-0.1, -0.05) is 12.1 Å². The first-order chi connectivity index (χ1) is 15.6. The molecule has 12 heteroatoms. The van der Waals surface area contributed by atoms with Crippen molar-refractivity contribution < 1.29 is 30.7 Å². The number of aromatic nitrogens is 2. The Balaban J connectivity index is 1.54. The van der Waals surface area contributed by atoms with Crippen molar-refractivity contribution in [2.45, 2.75) is 11.1 Å². The molecule has 0 spiro atoms. The highest BCUT2D eigenvalue weighted by Crippen LogP contribution is 2.32. The van der Waals surface area contributed by atoms with Crippen LogP contribution in [0, 0.1) is 5.82 Å². The summed E-state index contributed by atoms with van der Waals surface area (Å²) in [4.78, 5) is 1.40. The van der Waals surface area contributed by atoms with E-state index in [0.717, 1.165) is 0 Å². The van der Waals surface area contributed by atoms with Crippen LogP contribution in [0.3, 0.4) is 0 Å². The molecule has 0 radical (unpaired) electrons. The lowest BCUT2D eigenvalue weighted by Crippen LogP contribution is -2.36. The number of hydrogen-bond donors (Lipinski definition) is 1. The Morgan fingerprint density at radius 3 is 2.36 bits per heavy atom. The first kappa shape index (κ1) is 22.9. The van der Waals surface area contributed by atoms with Crippen molar-refractivity contribution in [2.24, 2.45) is 0 Å². The molecule has 1 aliphatic rings. The average Bonchev–Trinajstić information content (AvgIpc) is 2.79. The van der Waals surface area contributed by atoms with Crippen molar-refractivity contribution in [3.8, 4) is 11.3 Å². The summed E-state index contributed by atoms with van der Waals surface area (Å²) in [6.45, 7) is 2.62. The van der Waals surface area contributed by atoms with Crippen molar-refractivity contribution in [1.82, 2.24) is 10.2 Å². The highest BCUT2D eigenvalue weighted by molar-refractivity contribution is 7.92. The quantitative estimate of drug-likeness (QED) is 0.555. The molecule has 1 fully saturated rings. The Morgan fingerprint density at radius 2 is 1.73 bits per heavy atom. The summed E-state index contributed by atoms with van der Waals surface area (Å²) in [5.41, 5.74) is -0.349. The van der Waals surface area contributed by atoms with Gasteiger partial charge in [0.1, 0.15) is 5.82 Å². The van der Waals surface area contributed by atoms with Crippen molar-refractivity contribution in [3.05, 3.63) is 66.0 Å². The maximum Gasteiger partial charge on any atom is 0.419 e. The molecule has 0 aliphatic carbocycles. The number of ether oxygens (including phenoxy) is 1. The molecule has 0 amide bonds. The van der Waals surface area contributed by atoms with Crippen LogP contribution in [0.1, 0.15) is 5.56 Å². The van der Waals surface area contributed by atoms with Gasteiger partial charge in [-0.15, -0.1) is 10.2 Å². The van der Waals surface area contributed by atoms with Gasteiger partial charge in [-0.2, -0.15) is 13.2 Å². The van der Waals surface area contributed by atoms with E-state index in [2.05, 4.69) is 14.9 Å². The summed E-state index contributed by atoms with van der Waals surface area (Å²) in [5, 5.41) is 8.41. The Morgan fingerprint density at radius 1 is 0.970 bits per heavy atom. The third-order valence-corrected chi connectivity index (χ3v) is 6.33. The number of halogens is 4. The maximum atomic E-state index is 13.8. The fourth-order valence-corrected chi connectivity index (χ4v) is 4.35. The van der Waals surface area contributed by atoms with E-state index in [1.54, 1.807) is 24.3 Å². The van der Waals surface area contributed by atoms with Gasteiger partial charge in [-0.25, -0.2) is 12.8 Å². The average molecular weight is 482 g/mol. The van der Waals surface area contributed by atoms with Crippen LogP contribution in [0.15, 0.2) is 59.5 Å². The van der Waals surface area contributed by atoms with E-state index in [-0.39, 0.29) is 5.69 Å². The van der Waals surface area contributed by atoms with Gasteiger partial charge < -0.3 is 9.64 Å². The predicted octanol–water partition coefficient (Wildman–Crippen LogP) is 3.94. The molecule has 4 rings (SSSR count). The smallest absolute Gasteiger partial charge is 0.378 e. The zero-order chi connectivity index (χ0) is 23.6. The largest absolute Gasteiger partial charge is 0.419 e. The molecule has 2 heterocycles. The minimum Gasteiger partial charge on any atom is -0.378 e. The first-order valence-corrected chi connectivity index (χ1v) is 11.3. The molecule has 0 saturated carbocycles. The van der Waals surface area contributed by atoms with E-state index < -0.39 is 32.5 Å². The first-order valence-electron chi connectivity index (χ1n) is 9.80. The van der Waals surface area contributed by atoms with Crippen molar-refractivity contribution in [2.75, 3.05) is 35.9 Å². The number of rotatable bonds is 5. The molecule has 3 aromatic rings. The second-order valence-corrected chi connectivity index (χ2v) is 8.88. The maximum absolute atomic E-state index is 13.8. The summed E-state index contributed by atoms with van der Waals surface area (Å²) in [6, 6.07) is 11.2. The van der Waals surface area contributed by atoms with Crippen LogP contribution < -0.4 is 9.62 Å². The molecule has 174 valence electrons. The summed E-state index contributed by atoms with van der Waals surface area (Å²) >= 11 is 0. The standard InChI is InChI=1S/C21H18F4N4O3S/c22-18-13-16(4-5-17(18)21(23,24)25)33(30,31)28-15-3-1-2-14(12-15)19-6-7-20(27-26-19)29-8-10-32-11-9-29/h1-7,12-13,28H,8-11H2. The number of benzene rings is 2. The van der Waals surface area contributed by atoms with Gasteiger partial charge in [-0.3, -0.25) is 4.72 Å². The lowest BCUT2D eigenvalue weighted by molar-refractivity contribution is -0.140. The van der Waals surface area contributed by atoms with E-state index in [1.807, 2.05) is 4.90 Å². The van der Waals surface area contributed by atoms with Crippen LogP contribution in [0.4, 0.5) is 29.1 Å². The van der Waals surface area contributed by atoms with E-state index >= 15 is 0 Å². The van der Waals surface area contributed by atoms with Crippen molar-refractivity contribution >= 4 is 21.5 Å². The van der Waals surface area contributed by atoms with E-state index in [0.29, 0.717) is 61.6 Å². The van der Waals surface area contributed by atoms with Crippen molar-refractivity contribution in [1.29, 1.82) is 0 Å². The summed E-state index contributed by atoms with van der Waals surface area (Å²) < 4.78 is 84.8. The monoisotopic (exact) mass is 482 g/mol. The van der Waals surface area contributed by atoms with E-state index in [4.69, 9.17) is 4.74 Å². The molecule has 2 aromatic carbocycles. The van der Waals surface area contributed by atoms with E-state index in [1.165, 1.54) is 12.1 Å². The second-order valence-electron chi connectivity index (χ2n) is 7.20. The lowest BCUT2D eigenvalue weighted by Gasteiger charge is -2.27. The number of nitrogens with zero attached hydrogens (tertiary/aromatic N) is 3. The topological polar surface area (TPSA) is 84.4 Å². The number of alkyl halides is 3. The lowest BCUT2D eigenvalue weighted by atomic mass is 10.1. The number of hydrogen-bond acceptors (Lipinski definition) is 6. The Bertz CT molecular complexity index is 1250. The number of anilines is 2.